The highest BCUT2D eigenvalue weighted by Crippen LogP contribution is 2.30. The topological polar surface area (TPSA) is 12.9 Å². The van der Waals surface area contributed by atoms with Crippen molar-refractivity contribution in [2.75, 3.05) is 0 Å². The van der Waals surface area contributed by atoms with Crippen molar-refractivity contribution in [1.82, 2.24) is 4.98 Å². The van der Waals surface area contributed by atoms with E-state index >= 15 is 0 Å². The summed E-state index contributed by atoms with van der Waals surface area (Å²) in [6.07, 6.45) is 0.847. The highest BCUT2D eigenvalue weighted by molar-refractivity contribution is 9.09. The average molecular weight is 351 g/mol. The predicted molar refractivity (Wildman–Crippen MR) is 78.7 cm³/mol. The van der Waals surface area contributed by atoms with Gasteiger partial charge in [0, 0.05) is 5.38 Å². The first-order chi connectivity index (χ1) is 8.06. The molecule has 0 radical (unpaired) electrons. The zero-order valence-electron chi connectivity index (χ0n) is 9.08. The van der Waals surface area contributed by atoms with Crippen LogP contribution in [0.3, 0.4) is 0 Å². The molecule has 1 aromatic carbocycles. The third-order valence-corrected chi connectivity index (χ3v) is 4.68. The minimum atomic E-state index is 0.213. The first-order valence-corrected chi connectivity index (χ1v) is 7.61. The molecule has 0 aliphatic heterocycles. The smallest absolute Gasteiger partial charge is 0.0897 e. The lowest BCUT2D eigenvalue weighted by Gasteiger charge is -2.08. The Morgan fingerprint density at radius 3 is 2.71 bits per heavy atom. The summed E-state index contributed by atoms with van der Waals surface area (Å²) < 4.78 is 0. The van der Waals surface area contributed by atoms with Gasteiger partial charge >= 0.3 is 0 Å². The molecule has 0 saturated carbocycles. The van der Waals surface area contributed by atoms with Crippen LogP contribution in [0.5, 0.6) is 0 Å². The summed E-state index contributed by atoms with van der Waals surface area (Å²) in [5.74, 6) is 0. The summed E-state index contributed by atoms with van der Waals surface area (Å²) in [6, 6.07) is 5.71. The largest absolute Gasteiger partial charge is 0.245 e. The molecule has 5 heteroatoms. The number of thiazole rings is 1. The van der Waals surface area contributed by atoms with Crippen LogP contribution in [0.15, 0.2) is 23.6 Å². The lowest BCUT2D eigenvalue weighted by molar-refractivity contribution is 0.909. The average Bonchev–Trinajstić information content (AvgIpc) is 2.70. The minimum absolute atomic E-state index is 0.213. The van der Waals surface area contributed by atoms with Gasteiger partial charge in [0.1, 0.15) is 0 Å². The highest BCUT2D eigenvalue weighted by Gasteiger charge is 2.12. The lowest BCUT2D eigenvalue weighted by atomic mass is 10.1. The summed E-state index contributed by atoms with van der Waals surface area (Å²) in [4.78, 5) is 4.67. The number of aryl methyl sites for hydroxylation is 1. The predicted octanol–water partition coefficient (Wildman–Crippen LogP) is 5.44. The standard InChI is InChI=1S/C12H10BrCl2NS/c1-7-16-12(6-17-7)9(13)4-8-2-3-10(14)11(15)5-8/h2-3,5-6,9H,4H2,1H3. The van der Waals surface area contributed by atoms with Crippen LogP contribution < -0.4 is 0 Å². The number of hydrogen-bond acceptors (Lipinski definition) is 2. The molecule has 1 aromatic heterocycles. The van der Waals surface area contributed by atoms with E-state index in [0.717, 1.165) is 22.7 Å². The maximum atomic E-state index is 5.99. The van der Waals surface area contributed by atoms with E-state index < -0.39 is 0 Å². The maximum absolute atomic E-state index is 5.99. The van der Waals surface area contributed by atoms with Gasteiger partial charge in [0.15, 0.2) is 0 Å². The van der Waals surface area contributed by atoms with Gasteiger partial charge in [0.05, 0.1) is 25.6 Å². The van der Waals surface area contributed by atoms with E-state index in [1.165, 1.54) is 0 Å². The van der Waals surface area contributed by atoms with Gasteiger partial charge in [-0.05, 0) is 31.0 Å². The molecule has 0 bridgehead atoms. The van der Waals surface area contributed by atoms with Crippen molar-refractivity contribution < 1.29 is 0 Å². The Balaban J connectivity index is 2.12. The van der Waals surface area contributed by atoms with Crippen LogP contribution in [0.4, 0.5) is 0 Å². The van der Waals surface area contributed by atoms with Gasteiger partial charge in [0.25, 0.3) is 0 Å². The summed E-state index contributed by atoms with van der Waals surface area (Å²) in [5, 5.41) is 4.34. The molecule has 1 nitrogen and oxygen atoms in total. The van der Waals surface area contributed by atoms with Gasteiger partial charge in [0.2, 0.25) is 0 Å². The second-order valence-corrected chi connectivity index (χ2v) is 6.69. The first kappa shape index (κ1) is 13.3. The number of aromatic nitrogens is 1. The molecule has 1 atom stereocenters. The van der Waals surface area contributed by atoms with Crippen molar-refractivity contribution in [1.29, 1.82) is 0 Å². The van der Waals surface area contributed by atoms with Crippen molar-refractivity contribution >= 4 is 50.5 Å². The number of nitrogens with zero attached hydrogens (tertiary/aromatic N) is 1. The molecule has 0 saturated heterocycles. The quantitative estimate of drug-likeness (QED) is 0.672. The third-order valence-electron chi connectivity index (χ3n) is 2.36. The van der Waals surface area contributed by atoms with Gasteiger partial charge in [-0.2, -0.15) is 0 Å². The van der Waals surface area contributed by atoms with Gasteiger partial charge in [-0.25, -0.2) is 4.98 Å². The van der Waals surface area contributed by atoms with Gasteiger partial charge in [-0.15, -0.1) is 11.3 Å². The Bertz CT molecular complexity index is 527. The van der Waals surface area contributed by atoms with Crippen LogP contribution in [0, 0.1) is 6.92 Å². The van der Waals surface area contributed by atoms with E-state index in [1.807, 2.05) is 25.1 Å². The van der Waals surface area contributed by atoms with E-state index in [2.05, 4.69) is 26.3 Å². The zero-order valence-corrected chi connectivity index (χ0v) is 13.0. The Hall–Kier alpha value is -0.0900. The third kappa shape index (κ3) is 3.44. The monoisotopic (exact) mass is 349 g/mol. The molecule has 0 fully saturated rings. The fraction of sp³-hybridized carbons (Fsp3) is 0.250. The fourth-order valence-corrected chi connectivity index (χ4v) is 3.27. The Labute approximate surface area is 123 Å². The molecule has 0 amide bonds. The van der Waals surface area contributed by atoms with E-state index in [1.54, 1.807) is 11.3 Å². The first-order valence-electron chi connectivity index (χ1n) is 5.06. The number of hydrogen-bond donors (Lipinski definition) is 0. The summed E-state index contributed by atoms with van der Waals surface area (Å²) in [5.41, 5.74) is 2.21. The number of halogens is 3. The summed E-state index contributed by atoms with van der Waals surface area (Å²) in [6.45, 7) is 2.01. The molecule has 0 spiro atoms. The number of rotatable bonds is 3. The van der Waals surface area contributed by atoms with Crippen molar-refractivity contribution in [2.24, 2.45) is 0 Å². The van der Waals surface area contributed by atoms with Crippen LogP contribution >= 0.6 is 50.5 Å². The minimum Gasteiger partial charge on any atom is -0.245 e. The van der Waals surface area contributed by atoms with Crippen molar-refractivity contribution in [3.63, 3.8) is 0 Å². The molecule has 0 N–H and O–H groups in total. The molecule has 0 aliphatic carbocycles. The van der Waals surface area contributed by atoms with E-state index in [-0.39, 0.29) is 4.83 Å². The molecular weight excluding hydrogens is 341 g/mol. The van der Waals surface area contributed by atoms with Gasteiger partial charge in [-0.3, -0.25) is 0 Å². The van der Waals surface area contributed by atoms with Crippen LogP contribution in [0.25, 0.3) is 0 Å². The highest BCUT2D eigenvalue weighted by atomic mass is 79.9. The van der Waals surface area contributed by atoms with Gasteiger partial charge in [-0.1, -0.05) is 45.2 Å². The van der Waals surface area contributed by atoms with Crippen LogP contribution in [0.2, 0.25) is 10.0 Å². The van der Waals surface area contributed by atoms with Crippen LogP contribution in [-0.2, 0) is 6.42 Å². The summed E-state index contributed by atoms with van der Waals surface area (Å²) >= 11 is 17.2. The molecule has 1 unspecified atom stereocenters. The van der Waals surface area contributed by atoms with E-state index in [0.29, 0.717) is 10.0 Å². The van der Waals surface area contributed by atoms with Crippen LogP contribution in [-0.4, -0.2) is 4.98 Å². The normalized spacial score (nSPS) is 12.7. The Kier molecular flexibility index (Phi) is 4.47. The fourth-order valence-electron chi connectivity index (χ4n) is 1.50. The molecule has 2 aromatic rings. The molecule has 1 heterocycles. The molecule has 0 aliphatic rings. The van der Waals surface area contributed by atoms with Crippen LogP contribution in [0.1, 0.15) is 21.1 Å². The zero-order chi connectivity index (χ0) is 12.4. The molecule has 2 rings (SSSR count). The molecule has 17 heavy (non-hydrogen) atoms. The van der Waals surface area contributed by atoms with Crippen molar-refractivity contribution in [3.8, 4) is 0 Å². The lowest BCUT2D eigenvalue weighted by Crippen LogP contribution is -1.96. The Morgan fingerprint density at radius 2 is 2.12 bits per heavy atom. The van der Waals surface area contributed by atoms with Crippen molar-refractivity contribution in [2.45, 2.75) is 18.2 Å². The number of alkyl halides is 1. The van der Waals surface area contributed by atoms with Crippen molar-refractivity contribution in [3.05, 3.63) is 49.9 Å². The SMILES string of the molecule is Cc1nc(C(Br)Cc2ccc(Cl)c(Cl)c2)cs1. The summed E-state index contributed by atoms with van der Waals surface area (Å²) in [7, 11) is 0. The Morgan fingerprint density at radius 1 is 1.35 bits per heavy atom. The molecule has 90 valence electrons. The number of benzene rings is 1. The second kappa shape index (κ2) is 5.70. The van der Waals surface area contributed by atoms with E-state index in [4.69, 9.17) is 23.2 Å². The maximum Gasteiger partial charge on any atom is 0.0897 e. The second-order valence-electron chi connectivity index (χ2n) is 3.71. The van der Waals surface area contributed by atoms with E-state index in [9.17, 15) is 0 Å². The van der Waals surface area contributed by atoms with Gasteiger partial charge < -0.3 is 0 Å². The molecular formula is C12H10BrCl2NS.